The van der Waals surface area contributed by atoms with Crippen molar-refractivity contribution in [2.45, 2.75) is 32.7 Å². The Bertz CT molecular complexity index is 556. The van der Waals surface area contributed by atoms with Crippen LogP contribution in [0.2, 0.25) is 0 Å². The van der Waals surface area contributed by atoms with Gasteiger partial charge in [0.1, 0.15) is 5.82 Å². The van der Waals surface area contributed by atoms with Gasteiger partial charge < -0.3 is 15.1 Å². The summed E-state index contributed by atoms with van der Waals surface area (Å²) in [6.07, 6.45) is 3.77. The summed E-state index contributed by atoms with van der Waals surface area (Å²) in [4.78, 5) is 31.3. The van der Waals surface area contributed by atoms with Crippen LogP contribution in [-0.2, 0) is 4.79 Å². The molecule has 1 aromatic heterocycles. The van der Waals surface area contributed by atoms with E-state index >= 15 is 0 Å². The van der Waals surface area contributed by atoms with Crippen LogP contribution in [0.4, 0.5) is 5.82 Å². The van der Waals surface area contributed by atoms with Crippen molar-refractivity contribution >= 4 is 17.6 Å². The topological polar surface area (TPSA) is 65.5 Å². The lowest BCUT2D eigenvalue weighted by atomic mass is 9.98. The zero-order valence-electron chi connectivity index (χ0n) is 14.4. The molecule has 6 nitrogen and oxygen atoms in total. The van der Waals surface area contributed by atoms with Crippen molar-refractivity contribution in [1.82, 2.24) is 14.8 Å². The largest absolute Gasteiger partial charge is 0.365 e. The molecule has 1 N–H and O–H groups in total. The van der Waals surface area contributed by atoms with Gasteiger partial charge in [-0.15, -0.1) is 0 Å². The van der Waals surface area contributed by atoms with E-state index in [1.54, 1.807) is 33.3 Å². The van der Waals surface area contributed by atoms with Crippen molar-refractivity contribution < 1.29 is 9.59 Å². The van der Waals surface area contributed by atoms with Gasteiger partial charge in [-0.25, -0.2) is 4.98 Å². The van der Waals surface area contributed by atoms with E-state index in [2.05, 4.69) is 17.2 Å². The number of pyridine rings is 1. The molecule has 0 spiro atoms. The fourth-order valence-corrected chi connectivity index (χ4v) is 3.01. The first-order valence-corrected chi connectivity index (χ1v) is 8.12. The molecule has 2 amide bonds. The molecule has 2 rings (SSSR count). The second kappa shape index (κ2) is 7.44. The molecule has 1 fully saturated rings. The molecule has 6 heteroatoms. The summed E-state index contributed by atoms with van der Waals surface area (Å²) in [5.74, 6) is 1.25. The van der Waals surface area contributed by atoms with Crippen LogP contribution in [0.3, 0.4) is 0 Å². The first kappa shape index (κ1) is 17.2. The van der Waals surface area contributed by atoms with E-state index in [1.165, 1.54) is 4.90 Å². The highest BCUT2D eigenvalue weighted by Crippen LogP contribution is 2.24. The van der Waals surface area contributed by atoms with E-state index in [-0.39, 0.29) is 17.9 Å². The predicted octanol–water partition coefficient (Wildman–Crippen LogP) is 1.84. The SMILES string of the molecule is CCCC1CN(C(C)=O)CC1Nc1ccc(C(=O)N(C)C)cn1. The van der Waals surface area contributed by atoms with Crippen LogP contribution in [0.5, 0.6) is 0 Å². The third-order valence-electron chi connectivity index (χ3n) is 4.30. The summed E-state index contributed by atoms with van der Waals surface area (Å²) in [7, 11) is 3.44. The summed E-state index contributed by atoms with van der Waals surface area (Å²) in [5, 5.41) is 3.43. The maximum Gasteiger partial charge on any atom is 0.254 e. The van der Waals surface area contributed by atoms with Gasteiger partial charge in [-0.3, -0.25) is 9.59 Å². The Hall–Kier alpha value is -2.11. The lowest BCUT2D eigenvalue weighted by Crippen LogP contribution is -2.31. The number of rotatable bonds is 5. The van der Waals surface area contributed by atoms with Crippen molar-refractivity contribution in [3.8, 4) is 0 Å². The molecule has 2 atom stereocenters. The fourth-order valence-electron chi connectivity index (χ4n) is 3.01. The minimum Gasteiger partial charge on any atom is -0.365 e. The number of hydrogen-bond donors (Lipinski definition) is 1. The summed E-state index contributed by atoms with van der Waals surface area (Å²) in [5.41, 5.74) is 0.572. The third kappa shape index (κ3) is 4.21. The number of carbonyl (C=O) groups is 2. The first-order valence-electron chi connectivity index (χ1n) is 8.12. The number of nitrogens with one attached hydrogen (secondary N) is 1. The highest BCUT2D eigenvalue weighted by molar-refractivity contribution is 5.93. The molecule has 1 aliphatic rings. The quantitative estimate of drug-likeness (QED) is 0.900. The average Bonchev–Trinajstić information content (AvgIpc) is 2.91. The van der Waals surface area contributed by atoms with Crippen molar-refractivity contribution in [3.05, 3.63) is 23.9 Å². The highest BCUT2D eigenvalue weighted by Gasteiger charge is 2.33. The van der Waals surface area contributed by atoms with Crippen LogP contribution in [0, 0.1) is 5.92 Å². The van der Waals surface area contributed by atoms with E-state index in [1.807, 2.05) is 11.0 Å². The Labute approximate surface area is 137 Å². The summed E-state index contributed by atoms with van der Waals surface area (Å²) >= 11 is 0. The smallest absolute Gasteiger partial charge is 0.254 e. The van der Waals surface area contributed by atoms with Crippen LogP contribution in [0.25, 0.3) is 0 Å². The average molecular weight is 318 g/mol. The lowest BCUT2D eigenvalue weighted by molar-refractivity contribution is -0.127. The molecule has 126 valence electrons. The Morgan fingerprint density at radius 3 is 2.61 bits per heavy atom. The van der Waals surface area contributed by atoms with E-state index in [0.717, 1.165) is 25.2 Å². The molecule has 23 heavy (non-hydrogen) atoms. The minimum absolute atomic E-state index is 0.0588. The van der Waals surface area contributed by atoms with Crippen LogP contribution in [-0.4, -0.2) is 59.8 Å². The summed E-state index contributed by atoms with van der Waals surface area (Å²) < 4.78 is 0. The summed E-state index contributed by atoms with van der Waals surface area (Å²) in [6.45, 7) is 5.29. The van der Waals surface area contributed by atoms with Gasteiger partial charge in [0.15, 0.2) is 0 Å². The molecular formula is C17H26N4O2. The van der Waals surface area contributed by atoms with Gasteiger partial charge in [0.05, 0.1) is 5.56 Å². The van der Waals surface area contributed by atoms with E-state index in [9.17, 15) is 9.59 Å². The van der Waals surface area contributed by atoms with E-state index in [4.69, 9.17) is 0 Å². The van der Waals surface area contributed by atoms with Crippen molar-refractivity contribution in [1.29, 1.82) is 0 Å². The van der Waals surface area contributed by atoms with Gasteiger partial charge in [-0.2, -0.15) is 0 Å². The van der Waals surface area contributed by atoms with Crippen molar-refractivity contribution in [2.24, 2.45) is 5.92 Å². The van der Waals surface area contributed by atoms with Gasteiger partial charge in [-0.1, -0.05) is 13.3 Å². The second-order valence-electron chi connectivity index (χ2n) is 6.36. The third-order valence-corrected chi connectivity index (χ3v) is 4.30. The van der Waals surface area contributed by atoms with Crippen LogP contribution in [0.15, 0.2) is 18.3 Å². The number of amides is 2. The molecule has 1 aliphatic heterocycles. The Morgan fingerprint density at radius 2 is 2.09 bits per heavy atom. The minimum atomic E-state index is -0.0588. The Kier molecular flexibility index (Phi) is 5.58. The number of nitrogens with zero attached hydrogens (tertiary/aromatic N) is 3. The lowest BCUT2D eigenvalue weighted by Gasteiger charge is -2.19. The maximum atomic E-state index is 11.9. The molecule has 1 saturated heterocycles. The van der Waals surface area contributed by atoms with E-state index < -0.39 is 0 Å². The van der Waals surface area contributed by atoms with Gasteiger partial charge >= 0.3 is 0 Å². The first-order chi connectivity index (χ1) is 10.9. The van der Waals surface area contributed by atoms with Gasteiger partial charge in [-0.05, 0) is 24.5 Å². The molecule has 0 radical (unpaired) electrons. The second-order valence-corrected chi connectivity index (χ2v) is 6.36. The van der Waals surface area contributed by atoms with Crippen LogP contribution in [0.1, 0.15) is 37.0 Å². The number of aromatic nitrogens is 1. The number of carbonyl (C=O) groups excluding carboxylic acids is 2. The molecule has 2 heterocycles. The van der Waals surface area contributed by atoms with Gasteiger partial charge in [0.25, 0.3) is 5.91 Å². The highest BCUT2D eigenvalue weighted by atomic mass is 16.2. The predicted molar refractivity (Wildman–Crippen MR) is 90.3 cm³/mol. The Balaban J connectivity index is 2.05. The summed E-state index contributed by atoms with van der Waals surface area (Å²) in [6, 6.07) is 3.82. The zero-order chi connectivity index (χ0) is 17.0. The Morgan fingerprint density at radius 1 is 1.35 bits per heavy atom. The zero-order valence-corrected chi connectivity index (χ0v) is 14.4. The number of hydrogen-bond acceptors (Lipinski definition) is 4. The fraction of sp³-hybridized carbons (Fsp3) is 0.588. The normalized spacial score (nSPS) is 20.4. The molecule has 0 aromatic carbocycles. The van der Waals surface area contributed by atoms with Gasteiger partial charge in [0, 0.05) is 46.3 Å². The van der Waals surface area contributed by atoms with Crippen molar-refractivity contribution in [3.63, 3.8) is 0 Å². The van der Waals surface area contributed by atoms with Crippen LogP contribution < -0.4 is 5.32 Å². The molecule has 0 aliphatic carbocycles. The van der Waals surface area contributed by atoms with Crippen molar-refractivity contribution in [2.75, 3.05) is 32.5 Å². The number of likely N-dealkylation sites (tertiary alicyclic amines) is 1. The van der Waals surface area contributed by atoms with E-state index in [0.29, 0.717) is 18.0 Å². The van der Waals surface area contributed by atoms with Gasteiger partial charge in [0.2, 0.25) is 5.91 Å². The monoisotopic (exact) mass is 318 g/mol. The standard InChI is InChI=1S/C17H26N4O2/c1-5-6-14-10-21(12(2)22)11-15(14)19-16-8-7-13(9-18-16)17(23)20(3)4/h7-9,14-15H,5-6,10-11H2,1-4H3,(H,18,19). The maximum absolute atomic E-state index is 11.9. The molecule has 0 saturated carbocycles. The molecule has 1 aromatic rings. The molecule has 0 bridgehead atoms. The molecule has 2 unspecified atom stereocenters. The molecular weight excluding hydrogens is 292 g/mol. The van der Waals surface area contributed by atoms with Crippen LogP contribution >= 0.6 is 0 Å². The number of anilines is 1.